The van der Waals surface area contributed by atoms with Crippen LogP contribution in [0.3, 0.4) is 0 Å². The van der Waals surface area contributed by atoms with Gasteiger partial charge in [0.25, 0.3) is 5.91 Å². The lowest BCUT2D eigenvalue weighted by Crippen LogP contribution is -2.19. The second-order valence-electron chi connectivity index (χ2n) is 4.24. The van der Waals surface area contributed by atoms with Gasteiger partial charge in [-0.05, 0) is 24.6 Å². The van der Waals surface area contributed by atoms with Crippen molar-refractivity contribution in [3.05, 3.63) is 59.7 Å². The van der Waals surface area contributed by atoms with Gasteiger partial charge in [0.05, 0.1) is 5.71 Å². The molecule has 0 fully saturated rings. The summed E-state index contributed by atoms with van der Waals surface area (Å²) in [5.74, 6) is -0.871. The van der Waals surface area contributed by atoms with Crippen molar-refractivity contribution in [2.45, 2.75) is 6.92 Å². The Labute approximate surface area is 116 Å². The van der Waals surface area contributed by atoms with E-state index in [4.69, 9.17) is 0 Å². The summed E-state index contributed by atoms with van der Waals surface area (Å²) in [6.45, 7) is 1.77. The zero-order valence-electron chi connectivity index (χ0n) is 10.9. The monoisotopic (exact) mass is 270 g/mol. The Morgan fingerprint density at radius 2 is 1.60 bits per heavy atom. The average Bonchev–Trinajstić information content (AvgIpc) is 2.44. The lowest BCUT2D eigenvalue weighted by atomic mass is 10.1. The lowest BCUT2D eigenvalue weighted by Gasteiger charge is -2.04. The maximum atomic E-state index is 11.8. The third-order valence-corrected chi connectivity index (χ3v) is 2.68. The van der Waals surface area contributed by atoms with Crippen LogP contribution in [0.5, 0.6) is 11.5 Å². The lowest BCUT2D eigenvalue weighted by molar-refractivity contribution is 0.0954. The molecule has 2 aromatic carbocycles. The van der Waals surface area contributed by atoms with Gasteiger partial charge < -0.3 is 10.2 Å². The number of hydrogen-bond donors (Lipinski definition) is 3. The molecule has 0 atom stereocenters. The summed E-state index contributed by atoms with van der Waals surface area (Å²) in [5, 5.41) is 22.6. The van der Waals surface area contributed by atoms with Crippen LogP contribution in [0.25, 0.3) is 0 Å². The Morgan fingerprint density at radius 3 is 2.20 bits per heavy atom. The minimum Gasteiger partial charge on any atom is -0.508 e. The molecule has 1 amide bonds. The topological polar surface area (TPSA) is 81.9 Å². The highest BCUT2D eigenvalue weighted by Crippen LogP contribution is 2.20. The molecule has 0 spiro atoms. The van der Waals surface area contributed by atoms with Gasteiger partial charge in [0.15, 0.2) is 0 Å². The van der Waals surface area contributed by atoms with Crippen molar-refractivity contribution in [2.24, 2.45) is 5.10 Å². The number of carbonyl (C=O) groups excluding carboxylic acids is 1. The third-order valence-electron chi connectivity index (χ3n) is 2.68. The predicted molar refractivity (Wildman–Crippen MR) is 75.9 cm³/mol. The van der Waals surface area contributed by atoms with Crippen LogP contribution in [0.2, 0.25) is 0 Å². The second kappa shape index (κ2) is 5.88. The first kappa shape index (κ1) is 13.6. The maximum absolute atomic E-state index is 11.8. The fraction of sp³-hybridized carbons (Fsp3) is 0.0667. The molecule has 0 aliphatic rings. The van der Waals surface area contributed by atoms with Crippen LogP contribution < -0.4 is 5.43 Å². The third kappa shape index (κ3) is 3.35. The molecule has 102 valence electrons. The summed E-state index contributed by atoms with van der Waals surface area (Å²) in [7, 11) is 0. The summed E-state index contributed by atoms with van der Waals surface area (Å²) in [5.41, 5.74) is 4.06. The Morgan fingerprint density at radius 1 is 1.00 bits per heavy atom. The Hall–Kier alpha value is -2.82. The molecule has 20 heavy (non-hydrogen) atoms. The van der Waals surface area contributed by atoms with Gasteiger partial charge in [0, 0.05) is 11.6 Å². The number of phenols is 2. The van der Waals surface area contributed by atoms with E-state index in [2.05, 4.69) is 10.5 Å². The van der Waals surface area contributed by atoms with Crippen molar-refractivity contribution < 1.29 is 15.0 Å². The predicted octanol–water partition coefficient (Wildman–Crippen LogP) is 2.25. The van der Waals surface area contributed by atoms with Gasteiger partial charge in [-0.2, -0.15) is 5.10 Å². The summed E-state index contributed by atoms with van der Waals surface area (Å²) in [6, 6.07) is 13.1. The second-order valence-corrected chi connectivity index (χ2v) is 4.24. The molecule has 0 bridgehead atoms. The molecule has 2 aromatic rings. The number of rotatable bonds is 3. The number of phenolic OH excluding ortho intramolecular Hbond substituents is 2. The molecule has 2 rings (SSSR count). The maximum Gasteiger partial charge on any atom is 0.271 e. The number of hydrogen-bond acceptors (Lipinski definition) is 4. The number of nitrogens with zero attached hydrogens (tertiary/aromatic N) is 1. The van der Waals surface area contributed by atoms with E-state index in [1.165, 1.54) is 12.1 Å². The zero-order valence-corrected chi connectivity index (χ0v) is 10.9. The van der Waals surface area contributed by atoms with Crippen LogP contribution >= 0.6 is 0 Å². The van der Waals surface area contributed by atoms with E-state index in [9.17, 15) is 15.0 Å². The fourth-order valence-electron chi connectivity index (χ4n) is 1.67. The molecular formula is C15H14N2O3. The van der Waals surface area contributed by atoms with Gasteiger partial charge in [-0.3, -0.25) is 4.79 Å². The highest BCUT2D eigenvalue weighted by Gasteiger charge is 2.08. The number of aromatic hydroxyl groups is 2. The van der Waals surface area contributed by atoms with Crippen LogP contribution in [-0.2, 0) is 0 Å². The number of carbonyl (C=O) groups is 1. The van der Waals surface area contributed by atoms with Crippen molar-refractivity contribution >= 4 is 11.6 Å². The van der Waals surface area contributed by atoms with Crippen molar-refractivity contribution in [2.75, 3.05) is 0 Å². The molecule has 0 heterocycles. The molecule has 0 radical (unpaired) electrons. The highest BCUT2D eigenvalue weighted by molar-refractivity contribution is 6.01. The van der Waals surface area contributed by atoms with E-state index in [1.807, 2.05) is 30.3 Å². The molecule has 0 unspecified atom stereocenters. The zero-order chi connectivity index (χ0) is 14.5. The molecule has 5 heteroatoms. The number of amides is 1. The summed E-state index contributed by atoms with van der Waals surface area (Å²) in [6.07, 6.45) is 0. The standard InChI is InChI=1S/C15H14N2O3/c1-10(11-5-3-2-4-6-11)16-17-15(20)12-7-13(18)9-14(19)8-12/h2-9,18-19H,1H3,(H,17,20)/b16-10+. The van der Waals surface area contributed by atoms with E-state index < -0.39 is 5.91 Å². The average molecular weight is 270 g/mol. The van der Waals surface area contributed by atoms with E-state index in [-0.39, 0.29) is 17.1 Å². The summed E-state index contributed by atoms with van der Waals surface area (Å²) in [4.78, 5) is 11.8. The molecule has 3 N–H and O–H groups in total. The summed E-state index contributed by atoms with van der Waals surface area (Å²) < 4.78 is 0. The fourth-order valence-corrected chi connectivity index (χ4v) is 1.67. The SMILES string of the molecule is C/C(=N\NC(=O)c1cc(O)cc(O)c1)c1ccccc1. The Balaban J connectivity index is 2.12. The smallest absolute Gasteiger partial charge is 0.271 e. The van der Waals surface area contributed by atoms with Crippen molar-refractivity contribution in [1.29, 1.82) is 0 Å². The molecule has 0 aliphatic heterocycles. The van der Waals surface area contributed by atoms with Crippen molar-refractivity contribution in [3.63, 3.8) is 0 Å². The highest BCUT2D eigenvalue weighted by atomic mass is 16.3. The van der Waals surface area contributed by atoms with E-state index in [0.29, 0.717) is 5.71 Å². The van der Waals surface area contributed by atoms with Crippen LogP contribution in [0, 0.1) is 0 Å². The first-order valence-corrected chi connectivity index (χ1v) is 5.99. The van der Waals surface area contributed by atoms with Crippen molar-refractivity contribution in [1.82, 2.24) is 5.43 Å². The minimum atomic E-state index is -0.508. The number of hydrazone groups is 1. The number of nitrogens with one attached hydrogen (secondary N) is 1. The van der Waals surface area contributed by atoms with Gasteiger partial charge in [0.2, 0.25) is 0 Å². The molecular weight excluding hydrogens is 256 g/mol. The first-order valence-electron chi connectivity index (χ1n) is 5.99. The van der Waals surface area contributed by atoms with Crippen LogP contribution in [0.1, 0.15) is 22.8 Å². The van der Waals surface area contributed by atoms with Crippen LogP contribution in [0.15, 0.2) is 53.6 Å². The largest absolute Gasteiger partial charge is 0.508 e. The van der Waals surface area contributed by atoms with Crippen molar-refractivity contribution in [3.8, 4) is 11.5 Å². The van der Waals surface area contributed by atoms with Crippen LogP contribution in [0.4, 0.5) is 0 Å². The van der Waals surface area contributed by atoms with Crippen LogP contribution in [-0.4, -0.2) is 21.8 Å². The van der Waals surface area contributed by atoms with Gasteiger partial charge >= 0.3 is 0 Å². The molecule has 5 nitrogen and oxygen atoms in total. The molecule has 0 aromatic heterocycles. The Bertz CT molecular complexity index is 631. The van der Waals surface area contributed by atoms with E-state index in [0.717, 1.165) is 11.6 Å². The molecule has 0 aliphatic carbocycles. The van der Waals surface area contributed by atoms with E-state index >= 15 is 0 Å². The first-order chi connectivity index (χ1) is 9.56. The Kier molecular flexibility index (Phi) is 4.00. The van der Waals surface area contributed by atoms with Gasteiger partial charge in [-0.1, -0.05) is 30.3 Å². The molecule has 0 saturated heterocycles. The minimum absolute atomic E-state index is 0.132. The van der Waals surface area contributed by atoms with Gasteiger partial charge in [-0.25, -0.2) is 5.43 Å². The quantitative estimate of drug-likeness (QED) is 0.591. The van der Waals surface area contributed by atoms with Gasteiger partial charge in [0.1, 0.15) is 11.5 Å². The summed E-state index contributed by atoms with van der Waals surface area (Å²) >= 11 is 0. The number of benzene rings is 2. The van der Waals surface area contributed by atoms with Gasteiger partial charge in [-0.15, -0.1) is 0 Å². The molecule has 0 saturated carbocycles. The normalized spacial score (nSPS) is 11.2. The van der Waals surface area contributed by atoms with E-state index in [1.54, 1.807) is 6.92 Å².